The number of nitrogens with zero attached hydrogens (tertiary/aromatic N) is 4. The molecule has 1 saturated carbocycles. The van der Waals surface area contributed by atoms with E-state index in [0.717, 1.165) is 23.3 Å². The molecule has 2 atom stereocenters. The van der Waals surface area contributed by atoms with Crippen LogP contribution in [0.1, 0.15) is 49.0 Å². The van der Waals surface area contributed by atoms with Crippen LogP contribution in [0.4, 0.5) is 14.6 Å². The maximum absolute atomic E-state index is 14.3. The van der Waals surface area contributed by atoms with Crippen molar-refractivity contribution in [2.45, 2.75) is 44.8 Å². The van der Waals surface area contributed by atoms with Gasteiger partial charge in [-0.05, 0) is 55.2 Å². The van der Waals surface area contributed by atoms with Crippen molar-refractivity contribution in [2.24, 2.45) is 16.1 Å². The van der Waals surface area contributed by atoms with Gasteiger partial charge in [-0.1, -0.05) is 12.8 Å². The van der Waals surface area contributed by atoms with E-state index in [2.05, 4.69) is 20.2 Å². The summed E-state index contributed by atoms with van der Waals surface area (Å²) in [5, 5.41) is 9.11. The van der Waals surface area contributed by atoms with Crippen LogP contribution in [0.2, 0.25) is 0 Å². The smallest absolute Gasteiger partial charge is 0.166 e. The first kappa shape index (κ1) is 20.9. The maximum atomic E-state index is 14.3. The van der Waals surface area contributed by atoms with Gasteiger partial charge in [0.15, 0.2) is 11.6 Å². The van der Waals surface area contributed by atoms with Gasteiger partial charge in [0.05, 0.1) is 23.6 Å². The van der Waals surface area contributed by atoms with Gasteiger partial charge in [0, 0.05) is 34.9 Å². The first-order valence-corrected chi connectivity index (χ1v) is 11.5. The van der Waals surface area contributed by atoms with E-state index in [1.54, 1.807) is 12.3 Å². The second-order valence-electron chi connectivity index (χ2n) is 9.21. The number of ether oxygens (including phenoxy) is 1. The summed E-state index contributed by atoms with van der Waals surface area (Å²) in [6.07, 6.45) is 5.98. The molecule has 2 aromatic heterocycles. The lowest BCUT2D eigenvalue weighted by Gasteiger charge is -2.22. The van der Waals surface area contributed by atoms with Crippen molar-refractivity contribution in [2.75, 3.05) is 5.73 Å². The quantitative estimate of drug-likeness (QED) is 0.506. The largest absolute Gasteiger partial charge is 0.482 e. The number of aromatic nitrogens is 2. The van der Waals surface area contributed by atoms with E-state index in [1.165, 1.54) is 37.2 Å². The molecule has 172 valence electrons. The summed E-state index contributed by atoms with van der Waals surface area (Å²) in [4.78, 5) is 8.78. The first-order chi connectivity index (χ1) is 16.5. The number of pyridine rings is 2. The fourth-order valence-corrected chi connectivity index (χ4v) is 4.84. The molecule has 3 aromatic rings. The van der Waals surface area contributed by atoms with E-state index in [9.17, 15) is 8.78 Å². The van der Waals surface area contributed by atoms with Crippen molar-refractivity contribution in [1.82, 2.24) is 9.97 Å². The molecule has 1 aromatic carbocycles. The van der Waals surface area contributed by atoms with Gasteiger partial charge >= 0.3 is 0 Å². The van der Waals surface area contributed by atoms with E-state index < -0.39 is 17.7 Å². The summed E-state index contributed by atoms with van der Waals surface area (Å²) in [7, 11) is 0. The van der Waals surface area contributed by atoms with Gasteiger partial charge in [0.1, 0.15) is 17.7 Å². The number of nitrogen functional groups attached to an aromatic ring is 1. The van der Waals surface area contributed by atoms with Gasteiger partial charge in [0.2, 0.25) is 0 Å². The monoisotopic (exact) mass is 459 g/mol. The molecule has 6 rings (SSSR count). The van der Waals surface area contributed by atoms with Crippen LogP contribution in [0.25, 0.3) is 16.8 Å². The number of benzene rings is 1. The minimum atomic E-state index is -0.558. The highest BCUT2D eigenvalue weighted by atomic mass is 19.1. The zero-order chi connectivity index (χ0) is 23.4. The van der Waals surface area contributed by atoms with Crippen LogP contribution in [0, 0.1) is 17.6 Å². The summed E-state index contributed by atoms with van der Waals surface area (Å²) in [6, 6.07) is 7.67. The van der Waals surface area contributed by atoms with Crippen molar-refractivity contribution >= 4 is 11.4 Å². The summed E-state index contributed by atoms with van der Waals surface area (Å²) in [6.45, 7) is 1.82. The topological polar surface area (TPSA) is 85.8 Å². The second kappa shape index (κ2) is 7.97. The van der Waals surface area contributed by atoms with E-state index in [4.69, 9.17) is 10.5 Å². The standard InChI is InChI=1S/C26H23F2N5O/c1-13-20-10-17(27)4-5-19(20)25-15(7-18(28)12-30-25)8-22-24(21(32-33-22)6-14-2-3-14)16-9-23(34-13)26(29)31-11-16/h4-5,7,9-14,21H,2-3,6,8H2,1H3,(H2,29,31). The van der Waals surface area contributed by atoms with Gasteiger partial charge in [-0.15, -0.1) is 0 Å². The molecule has 0 spiro atoms. The van der Waals surface area contributed by atoms with Gasteiger partial charge in [-0.3, -0.25) is 4.98 Å². The zero-order valence-electron chi connectivity index (χ0n) is 18.6. The number of hydrogen-bond donors (Lipinski definition) is 1. The lowest BCUT2D eigenvalue weighted by Crippen LogP contribution is -2.12. The maximum Gasteiger partial charge on any atom is 0.166 e. The number of hydrogen-bond acceptors (Lipinski definition) is 6. The van der Waals surface area contributed by atoms with Crippen molar-refractivity contribution in [3.05, 3.63) is 76.7 Å². The Kier molecular flexibility index (Phi) is 4.90. The SMILES string of the molecule is CC1Oc2cc(cnc2N)C2=C(Cc3cc(F)cnc3-c3ccc(F)cc31)N=NC2CC1CC1. The predicted molar refractivity (Wildman–Crippen MR) is 124 cm³/mol. The highest BCUT2D eigenvalue weighted by Crippen LogP contribution is 2.44. The highest BCUT2D eigenvalue weighted by molar-refractivity contribution is 5.77. The molecule has 34 heavy (non-hydrogen) atoms. The predicted octanol–water partition coefficient (Wildman–Crippen LogP) is 6.05. The Balaban J connectivity index is 1.59. The molecule has 2 unspecified atom stereocenters. The van der Waals surface area contributed by atoms with Gasteiger partial charge < -0.3 is 10.5 Å². The molecule has 2 aliphatic heterocycles. The van der Waals surface area contributed by atoms with E-state index in [1.807, 2.05) is 13.0 Å². The molecule has 0 saturated heterocycles. The van der Waals surface area contributed by atoms with Crippen LogP contribution < -0.4 is 10.5 Å². The molecular formula is C26H23F2N5O. The zero-order valence-corrected chi connectivity index (χ0v) is 18.6. The van der Waals surface area contributed by atoms with Crippen molar-refractivity contribution in [1.29, 1.82) is 0 Å². The Morgan fingerprint density at radius 2 is 1.91 bits per heavy atom. The highest BCUT2D eigenvalue weighted by Gasteiger charge is 2.33. The number of fused-ring (bicyclic) bond motifs is 6. The fourth-order valence-electron chi connectivity index (χ4n) is 4.84. The van der Waals surface area contributed by atoms with Crippen LogP contribution in [0.5, 0.6) is 5.75 Å². The first-order valence-electron chi connectivity index (χ1n) is 11.5. The van der Waals surface area contributed by atoms with Crippen LogP contribution in [0.15, 0.2) is 58.7 Å². The second-order valence-corrected chi connectivity index (χ2v) is 9.21. The molecule has 6 nitrogen and oxygen atoms in total. The minimum Gasteiger partial charge on any atom is -0.482 e. The summed E-state index contributed by atoms with van der Waals surface area (Å²) in [5.74, 6) is 0.461. The van der Waals surface area contributed by atoms with Crippen LogP contribution in [-0.4, -0.2) is 16.0 Å². The molecule has 1 aliphatic carbocycles. The molecule has 8 heteroatoms. The Morgan fingerprint density at radius 1 is 1.06 bits per heavy atom. The molecular weight excluding hydrogens is 436 g/mol. The van der Waals surface area contributed by atoms with Crippen molar-refractivity contribution in [3.63, 3.8) is 0 Å². The third-order valence-corrected chi connectivity index (χ3v) is 6.71. The van der Waals surface area contributed by atoms with Gasteiger partial charge in [-0.2, -0.15) is 10.2 Å². The molecule has 1 fully saturated rings. The Hall–Kier alpha value is -3.68. The number of allylic oxidation sites excluding steroid dienone is 1. The molecule has 0 amide bonds. The molecule has 3 aliphatic rings. The average Bonchev–Trinajstić information content (AvgIpc) is 3.54. The summed E-state index contributed by atoms with van der Waals surface area (Å²) in [5.41, 5.74) is 11.2. The Bertz CT molecular complexity index is 1370. The molecule has 2 bridgehead atoms. The lowest BCUT2D eigenvalue weighted by molar-refractivity contribution is 0.227. The lowest BCUT2D eigenvalue weighted by atomic mass is 9.90. The van der Waals surface area contributed by atoms with Crippen LogP contribution in [-0.2, 0) is 6.42 Å². The van der Waals surface area contributed by atoms with Crippen molar-refractivity contribution < 1.29 is 13.5 Å². The fraction of sp³-hybridized carbons (Fsp3) is 0.308. The van der Waals surface area contributed by atoms with E-state index in [-0.39, 0.29) is 11.9 Å². The number of halogens is 2. The number of rotatable bonds is 2. The normalized spacial score (nSPS) is 21.1. The van der Waals surface area contributed by atoms with Crippen LogP contribution in [0.3, 0.4) is 0 Å². The Morgan fingerprint density at radius 3 is 2.74 bits per heavy atom. The van der Waals surface area contributed by atoms with E-state index in [0.29, 0.717) is 40.5 Å². The third-order valence-electron chi connectivity index (χ3n) is 6.71. The van der Waals surface area contributed by atoms with Gasteiger partial charge in [-0.25, -0.2) is 13.8 Å². The summed E-state index contributed by atoms with van der Waals surface area (Å²) < 4.78 is 34.8. The summed E-state index contributed by atoms with van der Waals surface area (Å²) >= 11 is 0. The third kappa shape index (κ3) is 3.73. The van der Waals surface area contributed by atoms with Crippen molar-refractivity contribution in [3.8, 4) is 17.0 Å². The molecule has 4 heterocycles. The number of anilines is 1. The van der Waals surface area contributed by atoms with Gasteiger partial charge in [0.25, 0.3) is 0 Å². The molecule has 0 radical (unpaired) electrons. The number of azo groups is 1. The van der Waals surface area contributed by atoms with E-state index >= 15 is 0 Å². The van der Waals surface area contributed by atoms with Crippen LogP contribution >= 0.6 is 0 Å². The number of nitrogens with two attached hydrogens (primary N) is 1. The minimum absolute atomic E-state index is 0.0903. The molecule has 2 N–H and O–H groups in total. The Labute approximate surface area is 195 Å². The average molecular weight is 460 g/mol.